The number of sulfone groups is 1. The Morgan fingerprint density at radius 1 is 1.39 bits per heavy atom. The van der Waals surface area contributed by atoms with Gasteiger partial charge in [-0.25, -0.2) is 8.42 Å². The Hall–Kier alpha value is -1.31. The number of benzene rings is 1. The summed E-state index contributed by atoms with van der Waals surface area (Å²) in [6, 6.07) is 6.92. The van der Waals surface area contributed by atoms with E-state index in [1.165, 1.54) is 0 Å². The normalized spacial score (nSPS) is 19.7. The van der Waals surface area contributed by atoms with Crippen LogP contribution in [0.1, 0.15) is 6.42 Å². The summed E-state index contributed by atoms with van der Waals surface area (Å²) >= 11 is 5.78. The van der Waals surface area contributed by atoms with Gasteiger partial charge in [0.1, 0.15) is 12.4 Å². The van der Waals surface area contributed by atoms with E-state index >= 15 is 0 Å². The molecule has 0 aromatic heterocycles. The zero-order chi connectivity index (χ0) is 16.9. The first kappa shape index (κ1) is 18.0. The maximum Gasteiger partial charge on any atom is 0.234 e. The fourth-order valence-electron chi connectivity index (χ4n) is 2.42. The summed E-state index contributed by atoms with van der Waals surface area (Å²) in [7, 11) is -1.16. The lowest BCUT2D eigenvalue weighted by Crippen LogP contribution is -2.42. The van der Waals surface area contributed by atoms with Crippen molar-refractivity contribution in [1.82, 2.24) is 10.2 Å². The second-order valence-electron chi connectivity index (χ2n) is 5.62. The summed E-state index contributed by atoms with van der Waals surface area (Å²) in [5.41, 5.74) is 0. The number of likely N-dealkylation sites (N-methyl/N-ethyl adjacent to an activating group) is 1. The summed E-state index contributed by atoms with van der Waals surface area (Å²) in [4.78, 5) is 13.6. The van der Waals surface area contributed by atoms with Crippen LogP contribution in [0.25, 0.3) is 0 Å². The van der Waals surface area contributed by atoms with Crippen LogP contribution in [-0.2, 0) is 14.6 Å². The molecule has 1 aliphatic heterocycles. The van der Waals surface area contributed by atoms with Crippen molar-refractivity contribution in [3.05, 3.63) is 29.3 Å². The lowest BCUT2D eigenvalue weighted by Gasteiger charge is -2.22. The Balaban J connectivity index is 1.64. The minimum Gasteiger partial charge on any atom is -0.492 e. The van der Waals surface area contributed by atoms with Gasteiger partial charge in [-0.1, -0.05) is 11.6 Å². The minimum atomic E-state index is -2.93. The molecule has 1 unspecified atom stereocenters. The topological polar surface area (TPSA) is 75.7 Å². The van der Waals surface area contributed by atoms with Crippen molar-refractivity contribution in [2.24, 2.45) is 0 Å². The number of carbonyl (C=O) groups excluding carboxylic acids is 1. The van der Waals surface area contributed by atoms with E-state index in [2.05, 4.69) is 5.32 Å². The third-order valence-electron chi connectivity index (χ3n) is 3.73. The van der Waals surface area contributed by atoms with Crippen LogP contribution in [0.15, 0.2) is 24.3 Å². The number of hydrogen-bond donors (Lipinski definition) is 1. The quantitative estimate of drug-likeness (QED) is 0.733. The van der Waals surface area contributed by atoms with Crippen molar-refractivity contribution in [3.63, 3.8) is 0 Å². The number of carbonyl (C=O) groups is 1. The first-order chi connectivity index (χ1) is 10.9. The molecular formula is C15H21ClN2O4S. The summed E-state index contributed by atoms with van der Waals surface area (Å²) in [6.45, 7) is 0.925. The Morgan fingerprint density at radius 3 is 2.70 bits per heavy atom. The SMILES string of the molecule is CN(CC(=O)NCCOc1ccc(Cl)cc1)C1CCS(=O)(=O)C1. The molecule has 128 valence electrons. The van der Waals surface area contributed by atoms with Gasteiger partial charge in [-0.2, -0.15) is 0 Å². The highest BCUT2D eigenvalue weighted by Gasteiger charge is 2.31. The summed E-state index contributed by atoms with van der Waals surface area (Å²) < 4.78 is 28.4. The van der Waals surface area contributed by atoms with Crippen molar-refractivity contribution >= 4 is 27.3 Å². The van der Waals surface area contributed by atoms with Crippen LogP contribution >= 0.6 is 11.6 Å². The smallest absolute Gasteiger partial charge is 0.234 e. The van der Waals surface area contributed by atoms with Crippen LogP contribution in [0.4, 0.5) is 0 Å². The Bertz CT molecular complexity index is 633. The molecule has 1 atom stereocenters. The van der Waals surface area contributed by atoms with E-state index in [0.717, 1.165) is 0 Å². The molecule has 0 saturated carbocycles. The van der Waals surface area contributed by atoms with Gasteiger partial charge in [0.25, 0.3) is 0 Å². The molecule has 1 amide bonds. The van der Waals surface area contributed by atoms with Crippen molar-refractivity contribution in [1.29, 1.82) is 0 Å². The molecule has 8 heteroatoms. The standard InChI is InChI=1S/C15H21ClN2O4S/c1-18(13-6-9-23(20,21)11-13)10-15(19)17-7-8-22-14-4-2-12(16)3-5-14/h2-5,13H,6-11H2,1H3,(H,17,19). The first-order valence-corrected chi connectivity index (χ1v) is 9.61. The zero-order valence-corrected chi connectivity index (χ0v) is 14.6. The third-order valence-corrected chi connectivity index (χ3v) is 5.73. The molecule has 2 rings (SSSR count). The summed E-state index contributed by atoms with van der Waals surface area (Å²) in [5, 5.41) is 3.40. The fourth-order valence-corrected chi connectivity index (χ4v) is 4.36. The lowest BCUT2D eigenvalue weighted by atomic mass is 10.2. The van der Waals surface area contributed by atoms with Gasteiger partial charge in [0.2, 0.25) is 5.91 Å². The maximum atomic E-state index is 11.9. The van der Waals surface area contributed by atoms with Gasteiger partial charge in [0.05, 0.1) is 24.6 Å². The van der Waals surface area contributed by atoms with Crippen molar-refractivity contribution in [2.45, 2.75) is 12.5 Å². The molecule has 1 saturated heterocycles. The van der Waals surface area contributed by atoms with Gasteiger partial charge < -0.3 is 10.1 Å². The number of amides is 1. The van der Waals surface area contributed by atoms with Crippen LogP contribution < -0.4 is 10.1 Å². The molecule has 1 fully saturated rings. The highest BCUT2D eigenvalue weighted by molar-refractivity contribution is 7.91. The fraction of sp³-hybridized carbons (Fsp3) is 0.533. The molecule has 23 heavy (non-hydrogen) atoms. The monoisotopic (exact) mass is 360 g/mol. The molecule has 1 aromatic carbocycles. The van der Waals surface area contributed by atoms with Gasteiger partial charge in [-0.15, -0.1) is 0 Å². The average molecular weight is 361 g/mol. The number of ether oxygens (including phenoxy) is 1. The number of nitrogens with zero attached hydrogens (tertiary/aromatic N) is 1. The molecule has 0 aliphatic carbocycles. The van der Waals surface area contributed by atoms with E-state index in [1.807, 2.05) is 0 Å². The molecule has 1 aromatic rings. The van der Waals surface area contributed by atoms with Crippen LogP contribution in [-0.4, -0.2) is 63.5 Å². The summed E-state index contributed by atoms with van der Waals surface area (Å²) in [6.07, 6.45) is 0.589. The van der Waals surface area contributed by atoms with E-state index < -0.39 is 9.84 Å². The highest BCUT2D eigenvalue weighted by atomic mass is 35.5. The highest BCUT2D eigenvalue weighted by Crippen LogP contribution is 2.16. The number of hydrogen-bond acceptors (Lipinski definition) is 5. The molecule has 0 radical (unpaired) electrons. The van der Waals surface area contributed by atoms with Gasteiger partial charge in [-0.3, -0.25) is 9.69 Å². The third kappa shape index (κ3) is 6.01. The molecule has 1 heterocycles. The van der Waals surface area contributed by atoms with Crippen molar-refractivity contribution < 1.29 is 17.9 Å². The number of rotatable bonds is 7. The Labute approximate surface area is 141 Å². The van der Waals surface area contributed by atoms with Crippen LogP contribution in [0.2, 0.25) is 5.02 Å². The molecule has 0 spiro atoms. The number of halogens is 1. The van der Waals surface area contributed by atoms with E-state index in [4.69, 9.17) is 16.3 Å². The summed E-state index contributed by atoms with van der Waals surface area (Å²) in [5.74, 6) is 0.892. The second-order valence-corrected chi connectivity index (χ2v) is 8.29. The average Bonchev–Trinajstić information content (AvgIpc) is 2.86. The predicted octanol–water partition coefficient (Wildman–Crippen LogP) is 0.954. The zero-order valence-electron chi connectivity index (χ0n) is 13.0. The molecule has 1 N–H and O–H groups in total. The number of nitrogens with one attached hydrogen (secondary N) is 1. The molecule has 1 aliphatic rings. The van der Waals surface area contributed by atoms with E-state index in [1.54, 1.807) is 36.2 Å². The first-order valence-electron chi connectivity index (χ1n) is 7.41. The molecular weight excluding hydrogens is 340 g/mol. The van der Waals surface area contributed by atoms with E-state index in [0.29, 0.717) is 30.3 Å². The Morgan fingerprint density at radius 2 is 2.09 bits per heavy atom. The largest absolute Gasteiger partial charge is 0.492 e. The van der Waals surface area contributed by atoms with Gasteiger partial charge in [0.15, 0.2) is 9.84 Å². The predicted molar refractivity (Wildman–Crippen MR) is 89.6 cm³/mol. The maximum absolute atomic E-state index is 11.9. The van der Waals surface area contributed by atoms with Crippen molar-refractivity contribution in [3.8, 4) is 5.75 Å². The van der Waals surface area contributed by atoms with Crippen LogP contribution in [0, 0.1) is 0 Å². The van der Waals surface area contributed by atoms with E-state index in [9.17, 15) is 13.2 Å². The molecule has 6 nitrogen and oxygen atoms in total. The van der Waals surface area contributed by atoms with Crippen molar-refractivity contribution in [2.75, 3.05) is 38.2 Å². The van der Waals surface area contributed by atoms with E-state index in [-0.39, 0.29) is 30.0 Å². The minimum absolute atomic E-state index is 0.0731. The van der Waals surface area contributed by atoms with Gasteiger partial charge in [0, 0.05) is 11.1 Å². The van der Waals surface area contributed by atoms with Gasteiger partial charge >= 0.3 is 0 Å². The lowest BCUT2D eigenvalue weighted by molar-refractivity contribution is -0.122. The second kappa shape index (κ2) is 7.99. The van der Waals surface area contributed by atoms with Gasteiger partial charge in [-0.05, 0) is 37.7 Å². The van der Waals surface area contributed by atoms with Crippen LogP contribution in [0.5, 0.6) is 5.75 Å². The Kier molecular flexibility index (Phi) is 6.26. The molecule has 0 bridgehead atoms. The van der Waals surface area contributed by atoms with Crippen LogP contribution in [0.3, 0.4) is 0 Å².